The summed E-state index contributed by atoms with van der Waals surface area (Å²) < 4.78 is 21.9. The Kier molecular flexibility index (Phi) is 5.52. The lowest BCUT2D eigenvalue weighted by atomic mass is 9.96. The van der Waals surface area contributed by atoms with E-state index in [4.69, 9.17) is 18.9 Å². The highest BCUT2D eigenvalue weighted by Gasteiger charge is 2.49. The molecule has 2 aliphatic rings. The Balaban J connectivity index is 1.69. The first-order valence-corrected chi connectivity index (χ1v) is 7.85. The molecule has 6 atom stereocenters. The van der Waals surface area contributed by atoms with Crippen LogP contribution in [0.2, 0.25) is 0 Å². The second kappa shape index (κ2) is 7.65. The van der Waals surface area contributed by atoms with Gasteiger partial charge in [-0.05, 0) is 12.1 Å². The molecule has 0 spiro atoms. The first-order chi connectivity index (χ1) is 12.0. The molecule has 9 nitrogen and oxygen atoms in total. The van der Waals surface area contributed by atoms with E-state index in [1.165, 1.54) is 6.92 Å². The first-order valence-electron chi connectivity index (χ1n) is 7.85. The van der Waals surface area contributed by atoms with Crippen LogP contribution in [0.5, 0.6) is 5.75 Å². The number of fused-ring (bicyclic) bond motifs is 1. The third-order valence-corrected chi connectivity index (χ3v) is 4.11. The average Bonchev–Trinajstić information content (AvgIpc) is 2.61. The van der Waals surface area contributed by atoms with Gasteiger partial charge in [0.15, 0.2) is 12.6 Å². The molecule has 138 valence electrons. The number of aliphatic hydroxyl groups is 2. The van der Waals surface area contributed by atoms with Crippen LogP contribution in [0.4, 0.5) is 0 Å². The predicted molar refractivity (Wildman–Crippen MR) is 82.1 cm³/mol. The van der Waals surface area contributed by atoms with Crippen LogP contribution in [-0.4, -0.2) is 60.5 Å². The topological polar surface area (TPSA) is 116 Å². The molecular formula is C16H21NO8. The van der Waals surface area contributed by atoms with Crippen LogP contribution in [-0.2, 0) is 23.8 Å². The number of ether oxygens (including phenoxy) is 4. The molecule has 2 fully saturated rings. The Morgan fingerprint density at radius 3 is 2.60 bits per heavy atom. The molecule has 1 aromatic rings. The molecule has 2 saturated heterocycles. The van der Waals surface area contributed by atoms with Gasteiger partial charge in [0.2, 0.25) is 0 Å². The highest BCUT2D eigenvalue weighted by Crippen LogP contribution is 2.34. The maximum atomic E-state index is 10.9. The third-order valence-electron chi connectivity index (χ3n) is 4.11. The zero-order chi connectivity index (χ0) is 18.0. The van der Waals surface area contributed by atoms with Gasteiger partial charge in [-0.15, -0.1) is 5.48 Å². The van der Waals surface area contributed by atoms with Gasteiger partial charge in [-0.3, -0.25) is 4.79 Å². The summed E-state index contributed by atoms with van der Waals surface area (Å²) in [6.45, 7) is 1.33. The molecule has 0 amide bonds. The van der Waals surface area contributed by atoms with E-state index in [0.717, 1.165) is 5.56 Å². The van der Waals surface area contributed by atoms with Crippen molar-refractivity contribution in [3.63, 3.8) is 0 Å². The molecule has 3 N–H and O–H groups in total. The van der Waals surface area contributed by atoms with Crippen LogP contribution in [0, 0.1) is 0 Å². The minimum absolute atomic E-state index is 0.135. The van der Waals surface area contributed by atoms with Gasteiger partial charge in [-0.2, -0.15) is 0 Å². The second-order valence-corrected chi connectivity index (χ2v) is 5.83. The third kappa shape index (κ3) is 3.92. The Labute approximate surface area is 144 Å². The fraction of sp³-hybridized carbons (Fsp3) is 0.562. The molecule has 9 heteroatoms. The normalized spacial score (nSPS) is 34.9. The van der Waals surface area contributed by atoms with Gasteiger partial charge in [-0.25, -0.2) is 0 Å². The Bertz CT molecular complexity index is 594. The number of carbonyl (C=O) groups excluding carboxylic acids is 1. The molecule has 2 heterocycles. The number of benzene rings is 1. The summed E-state index contributed by atoms with van der Waals surface area (Å²) in [5, 5.41) is 20.5. The number of aliphatic hydroxyl groups excluding tert-OH is 2. The van der Waals surface area contributed by atoms with E-state index in [-0.39, 0.29) is 6.61 Å². The van der Waals surface area contributed by atoms with Crippen molar-refractivity contribution in [1.29, 1.82) is 0 Å². The first kappa shape index (κ1) is 18.1. The van der Waals surface area contributed by atoms with E-state index in [2.05, 4.69) is 10.3 Å². The molecule has 25 heavy (non-hydrogen) atoms. The zero-order valence-electron chi connectivity index (χ0n) is 13.8. The lowest BCUT2D eigenvalue weighted by Gasteiger charge is -2.46. The number of hydroxylamine groups is 1. The largest absolute Gasteiger partial charge is 0.497 e. The number of nitrogens with one attached hydrogen (secondary N) is 1. The lowest BCUT2D eigenvalue weighted by molar-refractivity contribution is -0.343. The zero-order valence-corrected chi connectivity index (χ0v) is 13.8. The summed E-state index contributed by atoms with van der Waals surface area (Å²) in [6, 6.07) is 6.10. The Hall–Kier alpha value is -1.75. The van der Waals surface area contributed by atoms with Crippen LogP contribution in [0.25, 0.3) is 0 Å². The van der Waals surface area contributed by atoms with Crippen molar-refractivity contribution < 1.29 is 38.8 Å². The molecule has 3 rings (SSSR count). The molecule has 2 aliphatic heterocycles. The Morgan fingerprint density at radius 2 is 1.96 bits per heavy atom. The van der Waals surface area contributed by atoms with Crippen molar-refractivity contribution in [2.75, 3.05) is 13.7 Å². The summed E-state index contributed by atoms with van der Waals surface area (Å²) in [5.74, 6) is 0.0952. The standard InChI is InChI=1S/C16H21NO8/c1-8(18)25-17-12-13(19)14-11(23-15(12)20)7-22-16(24-14)9-3-5-10(21-2)6-4-9/h3-6,11-17,19-20H,7H2,1-2H3/t11-,12-,13-,14-,15-,16-/m1/s1. The van der Waals surface area contributed by atoms with Gasteiger partial charge >= 0.3 is 5.97 Å². The lowest BCUT2D eigenvalue weighted by Crippen LogP contribution is -2.65. The molecular weight excluding hydrogens is 334 g/mol. The maximum absolute atomic E-state index is 10.9. The quantitative estimate of drug-likeness (QED) is 0.622. The molecule has 0 aromatic heterocycles. The number of carbonyl (C=O) groups is 1. The van der Waals surface area contributed by atoms with Crippen molar-refractivity contribution in [1.82, 2.24) is 5.48 Å². The van der Waals surface area contributed by atoms with Crippen LogP contribution >= 0.6 is 0 Å². The van der Waals surface area contributed by atoms with E-state index in [1.807, 2.05) is 0 Å². The van der Waals surface area contributed by atoms with E-state index in [9.17, 15) is 15.0 Å². The van der Waals surface area contributed by atoms with Crippen LogP contribution in [0.3, 0.4) is 0 Å². The number of methoxy groups -OCH3 is 1. The van der Waals surface area contributed by atoms with E-state index in [1.54, 1.807) is 31.4 Å². The monoisotopic (exact) mass is 355 g/mol. The molecule has 0 radical (unpaired) electrons. The SMILES string of the molecule is COc1ccc([C@@H]2OC[C@H]3O[C@@H](O)[C@H](NOC(C)=O)[C@@H](O)[C@@H]3O2)cc1. The van der Waals surface area contributed by atoms with Gasteiger partial charge in [0.25, 0.3) is 0 Å². The smallest absolute Gasteiger partial charge is 0.321 e. The van der Waals surface area contributed by atoms with Crippen molar-refractivity contribution in [2.24, 2.45) is 0 Å². The second-order valence-electron chi connectivity index (χ2n) is 5.83. The van der Waals surface area contributed by atoms with Gasteiger partial charge in [0, 0.05) is 12.5 Å². The molecule has 0 bridgehead atoms. The Morgan fingerprint density at radius 1 is 1.24 bits per heavy atom. The van der Waals surface area contributed by atoms with Crippen LogP contribution in [0.15, 0.2) is 24.3 Å². The predicted octanol–water partition coefficient (Wildman–Crippen LogP) is -0.376. The summed E-state index contributed by atoms with van der Waals surface area (Å²) in [6.07, 6.45) is -4.65. The van der Waals surface area contributed by atoms with Crippen molar-refractivity contribution >= 4 is 5.97 Å². The number of rotatable bonds is 4. The highest BCUT2D eigenvalue weighted by atomic mass is 16.7. The van der Waals surface area contributed by atoms with Gasteiger partial charge in [0.05, 0.1) is 13.7 Å². The minimum atomic E-state index is -1.37. The van der Waals surface area contributed by atoms with Crippen molar-refractivity contribution in [3.8, 4) is 5.75 Å². The van der Waals surface area contributed by atoms with Crippen molar-refractivity contribution in [2.45, 2.75) is 43.9 Å². The number of hydrogen-bond donors (Lipinski definition) is 3. The average molecular weight is 355 g/mol. The van der Waals surface area contributed by atoms with Gasteiger partial charge in [0.1, 0.15) is 30.1 Å². The molecule has 0 saturated carbocycles. The maximum Gasteiger partial charge on any atom is 0.321 e. The van der Waals surface area contributed by atoms with Crippen LogP contribution < -0.4 is 10.2 Å². The number of hydrogen-bond acceptors (Lipinski definition) is 9. The summed E-state index contributed by atoms with van der Waals surface area (Å²) in [7, 11) is 1.57. The molecule has 0 aliphatic carbocycles. The van der Waals surface area contributed by atoms with Gasteiger partial charge in [-0.1, -0.05) is 12.1 Å². The minimum Gasteiger partial charge on any atom is -0.497 e. The van der Waals surface area contributed by atoms with Crippen molar-refractivity contribution in [3.05, 3.63) is 29.8 Å². The van der Waals surface area contributed by atoms with E-state index >= 15 is 0 Å². The summed E-state index contributed by atoms with van der Waals surface area (Å²) in [4.78, 5) is 15.6. The molecule has 1 aromatic carbocycles. The fourth-order valence-corrected chi connectivity index (χ4v) is 2.82. The molecule has 0 unspecified atom stereocenters. The van der Waals surface area contributed by atoms with E-state index < -0.39 is 42.9 Å². The van der Waals surface area contributed by atoms with Crippen LogP contribution in [0.1, 0.15) is 18.8 Å². The fourth-order valence-electron chi connectivity index (χ4n) is 2.82. The van der Waals surface area contributed by atoms with E-state index in [0.29, 0.717) is 5.75 Å². The highest BCUT2D eigenvalue weighted by molar-refractivity contribution is 5.65. The summed E-state index contributed by atoms with van der Waals surface area (Å²) >= 11 is 0. The summed E-state index contributed by atoms with van der Waals surface area (Å²) in [5.41, 5.74) is 3.06. The van der Waals surface area contributed by atoms with Gasteiger partial charge < -0.3 is 34.0 Å².